The molecular formula is C21H26N2O3. The number of aliphatic imine (C=N–C) groups is 1. The van der Waals surface area contributed by atoms with Gasteiger partial charge in [0.25, 0.3) is 5.69 Å². The number of nitrogens with zero attached hydrogens (tertiary/aromatic N) is 2. The van der Waals surface area contributed by atoms with Gasteiger partial charge in [-0.25, -0.2) is 0 Å². The van der Waals surface area contributed by atoms with E-state index >= 15 is 0 Å². The van der Waals surface area contributed by atoms with E-state index in [4.69, 9.17) is 0 Å². The summed E-state index contributed by atoms with van der Waals surface area (Å²) in [5.74, 6) is 0.331. The van der Waals surface area contributed by atoms with Crippen molar-refractivity contribution in [3.8, 4) is 5.75 Å². The first kappa shape index (κ1) is 19.6. The molecule has 0 bridgehead atoms. The molecule has 1 N–H and O–H groups in total. The number of nitro groups is 1. The van der Waals surface area contributed by atoms with Crippen LogP contribution in [0.3, 0.4) is 0 Å². The Morgan fingerprint density at radius 1 is 0.962 bits per heavy atom. The zero-order chi connectivity index (χ0) is 19.7. The second kappa shape index (κ2) is 6.90. The molecule has 2 aromatic rings. The van der Waals surface area contributed by atoms with E-state index in [0.717, 1.165) is 16.7 Å². The van der Waals surface area contributed by atoms with Gasteiger partial charge in [0.1, 0.15) is 5.75 Å². The quantitative estimate of drug-likeness (QED) is 0.440. The Morgan fingerprint density at radius 3 is 1.81 bits per heavy atom. The Hall–Kier alpha value is -2.69. The Balaban J connectivity index is 2.47. The molecule has 0 heterocycles. The molecule has 0 saturated heterocycles. The third kappa shape index (κ3) is 4.48. The normalized spacial score (nSPS) is 12.5. The van der Waals surface area contributed by atoms with Gasteiger partial charge in [0.15, 0.2) is 0 Å². The van der Waals surface area contributed by atoms with Gasteiger partial charge in [-0.1, -0.05) is 41.5 Å². The fourth-order valence-corrected chi connectivity index (χ4v) is 2.68. The van der Waals surface area contributed by atoms with Crippen molar-refractivity contribution in [3.05, 3.63) is 63.2 Å². The molecule has 2 aromatic carbocycles. The van der Waals surface area contributed by atoms with Crippen LogP contribution in [-0.4, -0.2) is 16.2 Å². The SMILES string of the molecule is CC(C)(C)c1cc(C=Nc2ccc([N+](=O)[O-])cc2)cc(C(C)(C)C)c1O. The number of hydrogen-bond acceptors (Lipinski definition) is 4. The van der Waals surface area contributed by atoms with Crippen molar-refractivity contribution in [1.82, 2.24) is 0 Å². The molecule has 0 aliphatic carbocycles. The highest BCUT2D eigenvalue weighted by atomic mass is 16.6. The Bertz CT molecular complexity index is 804. The predicted molar refractivity (Wildman–Crippen MR) is 106 cm³/mol. The van der Waals surface area contributed by atoms with Crippen LogP contribution in [0, 0.1) is 10.1 Å². The van der Waals surface area contributed by atoms with E-state index in [-0.39, 0.29) is 16.5 Å². The zero-order valence-electron chi connectivity index (χ0n) is 16.2. The molecule has 0 radical (unpaired) electrons. The minimum Gasteiger partial charge on any atom is -0.507 e. The van der Waals surface area contributed by atoms with E-state index in [9.17, 15) is 15.2 Å². The summed E-state index contributed by atoms with van der Waals surface area (Å²) in [4.78, 5) is 14.7. The average molecular weight is 354 g/mol. The molecule has 0 saturated carbocycles. The first-order chi connectivity index (χ1) is 11.9. The van der Waals surface area contributed by atoms with Crippen LogP contribution in [0.2, 0.25) is 0 Å². The Labute approximate surface area is 154 Å². The highest BCUT2D eigenvalue weighted by Gasteiger charge is 2.26. The monoisotopic (exact) mass is 354 g/mol. The van der Waals surface area contributed by atoms with E-state index in [2.05, 4.69) is 46.5 Å². The Morgan fingerprint density at radius 2 is 1.42 bits per heavy atom. The van der Waals surface area contributed by atoms with Crippen molar-refractivity contribution in [2.75, 3.05) is 0 Å². The predicted octanol–water partition coefficient (Wildman–Crippen LogP) is 5.65. The third-order valence-electron chi connectivity index (χ3n) is 4.17. The molecule has 5 nitrogen and oxygen atoms in total. The van der Waals surface area contributed by atoms with Crippen LogP contribution in [0.4, 0.5) is 11.4 Å². The summed E-state index contributed by atoms with van der Waals surface area (Å²) in [5.41, 5.74) is 2.89. The van der Waals surface area contributed by atoms with Crippen LogP contribution >= 0.6 is 0 Å². The smallest absolute Gasteiger partial charge is 0.269 e. The molecule has 2 rings (SSSR count). The van der Waals surface area contributed by atoms with Crippen molar-refractivity contribution in [2.24, 2.45) is 4.99 Å². The van der Waals surface area contributed by atoms with Crippen molar-refractivity contribution >= 4 is 17.6 Å². The van der Waals surface area contributed by atoms with Crippen LogP contribution in [0.1, 0.15) is 58.2 Å². The van der Waals surface area contributed by atoms with Crippen LogP contribution in [0.25, 0.3) is 0 Å². The molecule has 26 heavy (non-hydrogen) atoms. The number of phenols is 1. The van der Waals surface area contributed by atoms with E-state index in [0.29, 0.717) is 11.4 Å². The number of nitro benzene ring substituents is 1. The summed E-state index contributed by atoms with van der Waals surface area (Å²) in [6.45, 7) is 12.4. The molecule has 0 spiro atoms. The molecule has 0 aliphatic rings. The summed E-state index contributed by atoms with van der Waals surface area (Å²) in [5, 5.41) is 21.5. The highest BCUT2D eigenvalue weighted by molar-refractivity contribution is 5.83. The number of rotatable bonds is 3. The molecule has 0 fully saturated rings. The standard InChI is InChI=1S/C21H26N2O3/c1-20(2,3)17-11-14(12-18(19(17)24)21(4,5)6)13-22-15-7-9-16(10-8-15)23(25)26/h7-13,24H,1-6H3. The average Bonchev–Trinajstić information content (AvgIpc) is 2.52. The van der Waals surface area contributed by atoms with E-state index < -0.39 is 4.92 Å². The maximum absolute atomic E-state index is 10.7. The second-order valence-corrected chi connectivity index (χ2v) is 8.50. The van der Waals surface area contributed by atoms with Gasteiger partial charge in [-0.3, -0.25) is 15.1 Å². The first-order valence-electron chi connectivity index (χ1n) is 8.56. The fourth-order valence-electron chi connectivity index (χ4n) is 2.68. The lowest BCUT2D eigenvalue weighted by Gasteiger charge is -2.27. The van der Waals surface area contributed by atoms with E-state index in [1.807, 2.05) is 12.1 Å². The third-order valence-corrected chi connectivity index (χ3v) is 4.17. The molecule has 0 aromatic heterocycles. The lowest BCUT2D eigenvalue weighted by atomic mass is 9.78. The van der Waals surface area contributed by atoms with Crippen molar-refractivity contribution < 1.29 is 10.0 Å². The van der Waals surface area contributed by atoms with Gasteiger partial charge in [-0.2, -0.15) is 0 Å². The van der Waals surface area contributed by atoms with Crippen LogP contribution in [0.15, 0.2) is 41.4 Å². The minimum atomic E-state index is -0.432. The Kier molecular flexibility index (Phi) is 5.21. The van der Waals surface area contributed by atoms with Gasteiger partial charge in [-0.15, -0.1) is 0 Å². The number of non-ortho nitro benzene ring substituents is 1. The summed E-state index contributed by atoms with van der Waals surface area (Å²) in [6.07, 6.45) is 1.73. The summed E-state index contributed by atoms with van der Waals surface area (Å²) in [7, 11) is 0. The molecule has 0 unspecified atom stereocenters. The zero-order valence-corrected chi connectivity index (χ0v) is 16.2. The lowest BCUT2D eigenvalue weighted by molar-refractivity contribution is -0.384. The number of hydrogen-bond donors (Lipinski definition) is 1. The topological polar surface area (TPSA) is 75.7 Å². The summed E-state index contributed by atoms with van der Waals surface area (Å²) in [6, 6.07) is 9.99. The number of benzene rings is 2. The van der Waals surface area contributed by atoms with E-state index in [1.54, 1.807) is 18.3 Å². The van der Waals surface area contributed by atoms with Gasteiger partial charge in [0.2, 0.25) is 0 Å². The van der Waals surface area contributed by atoms with Crippen LogP contribution in [-0.2, 0) is 10.8 Å². The number of phenolic OH excluding ortho intramolecular Hbond substituents is 1. The molecule has 0 amide bonds. The summed E-state index contributed by atoms with van der Waals surface area (Å²) < 4.78 is 0. The maximum Gasteiger partial charge on any atom is 0.269 e. The van der Waals surface area contributed by atoms with Gasteiger partial charge in [-0.05, 0) is 40.7 Å². The van der Waals surface area contributed by atoms with Crippen LogP contribution < -0.4 is 0 Å². The second-order valence-electron chi connectivity index (χ2n) is 8.50. The van der Waals surface area contributed by atoms with Crippen molar-refractivity contribution in [2.45, 2.75) is 52.4 Å². The molecule has 0 aliphatic heterocycles. The first-order valence-corrected chi connectivity index (χ1v) is 8.56. The molecule has 5 heteroatoms. The highest BCUT2D eigenvalue weighted by Crippen LogP contribution is 2.39. The van der Waals surface area contributed by atoms with Gasteiger partial charge >= 0.3 is 0 Å². The van der Waals surface area contributed by atoms with Gasteiger partial charge < -0.3 is 5.11 Å². The van der Waals surface area contributed by atoms with Gasteiger partial charge in [0, 0.05) is 29.5 Å². The van der Waals surface area contributed by atoms with Crippen molar-refractivity contribution in [1.29, 1.82) is 0 Å². The minimum absolute atomic E-state index is 0.0404. The van der Waals surface area contributed by atoms with E-state index in [1.165, 1.54) is 12.1 Å². The largest absolute Gasteiger partial charge is 0.507 e. The summed E-state index contributed by atoms with van der Waals surface area (Å²) >= 11 is 0. The van der Waals surface area contributed by atoms with Crippen LogP contribution in [0.5, 0.6) is 5.75 Å². The van der Waals surface area contributed by atoms with Gasteiger partial charge in [0.05, 0.1) is 10.6 Å². The fraction of sp³-hybridized carbons (Fsp3) is 0.381. The number of aromatic hydroxyl groups is 1. The van der Waals surface area contributed by atoms with Crippen molar-refractivity contribution in [3.63, 3.8) is 0 Å². The maximum atomic E-state index is 10.7. The molecular weight excluding hydrogens is 328 g/mol. The molecule has 138 valence electrons. The molecule has 0 atom stereocenters. The lowest BCUT2D eigenvalue weighted by Crippen LogP contribution is -2.17.